The summed E-state index contributed by atoms with van der Waals surface area (Å²) >= 11 is 0. The number of sulfonamides is 1. The first-order chi connectivity index (χ1) is 11.3. The molecule has 0 fully saturated rings. The van der Waals surface area contributed by atoms with E-state index in [-0.39, 0.29) is 0 Å². The van der Waals surface area contributed by atoms with Crippen LogP contribution in [0.4, 0.5) is 17.2 Å². The maximum absolute atomic E-state index is 11.3. The Balaban J connectivity index is 1.99. The molecule has 1 aromatic heterocycles. The van der Waals surface area contributed by atoms with Crippen LogP contribution in [0.25, 0.3) is 10.9 Å². The zero-order valence-electron chi connectivity index (χ0n) is 13.7. The van der Waals surface area contributed by atoms with Gasteiger partial charge in [-0.15, -0.1) is 0 Å². The molecule has 0 aliphatic rings. The summed E-state index contributed by atoms with van der Waals surface area (Å²) in [5.41, 5.74) is 2.32. The third-order valence-electron chi connectivity index (χ3n) is 3.57. The van der Waals surface area contributed by atoms with Gasteiger partial charge in [-0.25, -0.2) is 18.4 Å². The van der Waals surface area contributed by atoms with Crippen LogP contribution in [0.3, 0.4) is 0 Å². The van der Waals surface area contributed by atoms with Gasteiger partial charge in [0, 0.05) is 23.8 Å². The average molecular weight is 342 g/mol. The number of nitrogens with zero attached hydrogens (tertiary/aromatic N) is 3. The van der Waals surface area contributed by atoms with Crippen LogP contribution < -0.4 is 9.62 Å². The van der Waals surface area contributed by atoms with Crippen LogP contribution in [-0.4, -0.2) is 31.7 Å². The molecule has 6 nitrogen and oxygen atoms in total. The first kappa shape index (κ1) is 16.2. The summed E-state index contributed by atoms with van der Waals surface area (Å²) in [5.74, 6) is 1.51. The number of anilines is 3. The Bertz CT molecular complexity index is 985. The largest absolute Gasteiger partial charge is 0.329 e. The summed E-state index contributed by atoms with van der Waals surface area (Å²) in [6.07, 6.45) is 1.13. The molecule has 0 aliphatic carbocycles. The predicted molar refractivity (Wildman–Crippen MR) is 97.2 cm³/mol. The van der Waals surface area contributed by atoms with Crippen molar-refractivity contribution in [2.45, 2.75) is 6.92 Å². The molecule has 0 bridgehead atoms. The monoisotopic (exact) mass is 342 g/mol. The van der Waals surface area contributed by atoms with Gasteiger partial charge in [0.1, 0.15) is 11.6 Å². The summed E-state index contributed by atoms with van der Waals surface area (Å²) in [4.78, 5) is 11.0. The van der Waals surface area contributed by atoms with Crippen molar-refractivity contribution in [3.8, 4) is 0 Å². The lowest BCUT2D eigenvalue weighted by molar-refractivity contribution is 0.607. The molecule has 1 N–H and O–H groups in total. The summed E-state index contributed by atoms with van der Waals surface area (Å²) < 4.78 is 25.0. The molecule has 0 saturated heterocycles. The van der Waals surface area contributed by atoms with E-state index >= 15 is 0 Å². The molecule has 0 unspecified atom stereocenters. The van der Waals surface area contributed by atoms with Crippen molar-refractivity contribution < 1.29 is 8.42 Å². The minimum absolute atomic E-state index is 0.526. The van der Waals surface area contributed by atoms with Crippen LogP contribution in [0.15, 0.2) is 48.5 Å². The molecule has 0 atom stereocenters. The molecule has 0 aliphatic heterocycles. The Morgan fingerprint density at radius 3 is 2.33 bits per heavy atom. The van der Waals surface area contributed by atoms with E-state index in [1.54, 1.807) is 12.1 Å². The molecule has 7 heteroatoms. The number of hydrogen-bond donors (Lipinski definition) is 1. The average Bonchev–Trinajstić information content (AvgIpc) is 2.52. The van der Waals surface area contributed by atoms with Gasteiger partial charge in [-0.05, 0) is 43.3 Å². The van der Waals surface area contributed by atoms with Crippen molar-refractivity contribution in [3.05, 3.63) is 54.4 Å². The Morgan fingerprint density at radius 1 is 1.00 bits per heavy atom. The van der Waals surface area contributed by atoms with Gasteiger partial charge in [-0.2, -0.15) is 0 Å². The van der Waals surface area contributed by atoms with Gasteiger partial charge in [0.15, 0.2) is 0 Å². The lowest BCUT2D eigenvalue weighted by atomic mass is 10.2. The quantitative estimate of drug-likeness (QED) is 0.788. The summed E-state index contributed by atoms with van der Waals surface area (Å²) in [6, 6.07) is 15.0. The maximum Gasteiger partial charge on any atom is 0.229 e. The molecular formula is C17H18N4O2S. The van der Waals surface area contributed by atoms with Crippen molar-refractivity contribution in [2.75, 3.05) is 22.9 Å². The van der Waals surface area contributed by atoms with Crippen molar-refractivity contribution >= 4 is 38.1 Å². The number of hydrogen-bond acceptors (Lipinski definition) is 5. The second-order valence-electron chi connectivity index (χ2n) is 5.59. The summed E-state index contributed by atoms with van der Waals surface area (Å²) in [5, 5.41) is 0.962. The first-order valence-corrected chi connectivity index (χ1v) is 9.27. The lowest BCUT2D eigenvalue weighted by Crippen LogP contribution is -2.13. The third-order valence-corrected chi connectivity index (χ3v) is 4.18. The smallest absolute Gasteiger partial charge is 0.229 e. The van der Waals surface area contributed by atoms with Crippen LogP contribution in [0.2, 0.25) is 0 Å². The SMILES string of the molecule is Cc1nc(N(C)c2ccc(NS(C)(=O)=O)cc2)c2ccccc2n1. The van der Waals surface area contributed by atoms with Gasteiger partial charge in [-0.3, -0.25) is 4.72 Å². The van der Waals surface area contributed by atoms with Gasteiger partial charge in [0.2, 0.25) is 10.0 Å². The van der Waals surface area contributed by atoms with Gasteiger partial charge in [-0.1, -0.05) is 12.1 Å². The van der Waals surface area contributed by atoms with Gasteiger partial charge < -0.3 is 4.90 Å². The van der Waals surface area contributed by atoms with Crippen LogP contribution >= 0.6 is 0 Å². The molecule has 3 rings (SSSR count). The molecule has 1 heterocycles. The number of nitrogens with one attached hydrogen (secondary N) is 1. The highest BCUT2D eigenvalue weighted by Gasteiger charge is 2.12. The highest BCUT2D eigenvalue weighted by atomic mass is 32.2. The Hall–Kier alpha value is -2.67. The highest BCUT2D eigenvalue weighted by Crippen LogP contribution is 2.29. The molecule has 0 radical (unpaired) electrons. The van der Waals surface area contributed by atoms with E-state index in [9.17, 15) is 8.42 Å². The zero-order chi connectivity index (χ0) is 17.3. The Kier molecular flexibility index (Phi) is 4.11. The molecule has 0 spiro atoms. The molecule has 124 valence electrons. The van der Waals surface area contributed by atoms with Crippen molar-refractivity contribution in [1.29, 1.82) is 0 Å². The van der Waals surface area contributed by atoms with E-state index in [0.717, 1.165) is 28.7 Å². The van der Waals surface area contributed by atoms with Gasteiger partial charge >= 0.3 is 0 Å². The topological polar surface area (TPSA) is 75.2 Å². The van der Waals surface area contributed by atoms with E-state index in [4.69, 9.17) is 0 Å². The van der Waals surface area contributed by atoms with Crippen LogP contribution in [0, 0.1) is 6.92 Å². The Labute approximate surface area is 141 Å². The molecule has 0 saturated carbocycles. The van der Waals surface area contributed by atoms with Gasteiger partial charge in [0.25, 0.3) is 0 Å². The van der Waals surface area contributed by atoms with E-state index in [1.807, 2.05) is 55.3 Å². The molecule has 2 aromatic carbocycles. The zero-order valence-corrected chi connectivity index (χ0v) is 14.5. The number of rotatable bonds is 4. The van der Waals surface area contributed by atoms with E-state index in [1.165, 1.54) is 0 Å². The fourth-order valence-electron chi connectivity index (χ4n) is 2.52. The first-order valence-electron chi connectivity index (χ1n) is 7.38. The third kappa shape index (κ3) is 3.46. The normalized spacial score (nSPS) is 11.5. The summed E-state index contributed by atoms with van der Waals surface area (Å²) in [7, 11) is -1.36. The number of aromatic nitrogens is 2. The number of para-hydroxylation sites is 1. The second-order valence-corrected chi connectivity index (χ2v) is 7.34. The minimum Gasteiger partial charge on any atom is -0.329 e. The maximum atomic E-state index is 11.3. The van der Waals surface area contributed by atoms with E-state index in [0.29, 0.717) is 11.5 Å². The standard InChI is InChI=1S/C17H18N4O2S/c1-12-18-16-7-5-4-6-15(16)17(19-12)21(2)14-10-8-13(9-11-14)20-24(3,22)23/h4-11,20H,1-3H3. The minimum atomic E-state index is -3.28. The highest BCUT2D eigenvalue weighted by molar-refractivity contribution is 7.92. The predicted octanol–water partition coefficient (Wildman–Crippen LogP) is 3.08. The van der Waals surface area contributed by atoms with Gasteiger partial charge in [0.05, 0.1) is 11.8 Å². The fourth-order valence-corrected chi connectivity index (χ4v) is 3.08. The Morgan fingerprint density at radius 2 is 1.67 bits per heavy atom. The van der Waals surface area contributed by atoms with E-state index < -0.39 is 10.0 Å². The second kappa shape index (κ2) is 6.09. The summed E-state index contributed by atoms with van der Waals surface area (Å²) in [6.45, 7) is 1.86. The van der Waals surface area contributed by atoms with Crippen molar-refractivity contribution in [3.63, 3.8) is 0 Å². The molecular weight excluding hydrogens is 324 g/mol. The fraction of sp³-hybridized carbons (Fsp3) is 0.176. The lowest BCUT2D eigenvalue weighted by Gasteiger charge is -2.20. The van der Waals surface area contributed by atoms with Crippen LogP contribution in [-0.2, 0) is 10.0 Å². The van der Waals surface area contributed by atoms with Crippen molar-refractivity contribution in [1.82, 2.24) is 9.97 Å². The molecule has 0 amide bonds. The van der Waals surface area contributed by atoms with E-state index in [2.05, 4.69) is 14.7 Å². The number of aryl methyl sites for hydroxylation is 1. The number of benzene rings is 2. The van der Waals surface area contributed by atoms with Crippen molar-refractivity contribution in [2.24, 2.45) is 0 Å². The van der Waals surface area contributed by atoms with Crippen LogP contribution in [0.1, 0.15) is 5.82 Å². The molecule has 24 heavy (non-hydrogen) atoms. The number of fused-ring (bicyclic) bond motifs is 1. The van der Waals surface area contributed by atoms with Crippen LogP contribution in [0.5, 0.6) is 0 Å². The molecule has 3 aromatic rings.